The van der Waals surface area contributed by atoms with Crippen LogP contribution in [0.5, 0.6) is 0 Å². The summed E-state index contributed by atoms with van der Waals surface area (Å²) in [6, 6.07) is 11.5. The van der Waals surface area contributed by atoms with Crippen molar-refractivity contribution in [3.63, 3.8) is 0 Å². The summed E-state index contributed by atoms with van der Waals surface area (Å²) < 4.78 is 31.7. The number of benzene rings is 1. The van der Waals surface area contributed by atoms with Gasteiger partial charge in [0.2, 0.25) is 0 Å². The minimum Gasteiger partial charge on any atom is -0.475 e. The number of carboxylic acid groups (broad SMARTS) is 1. The maximum absolute atomic E-state index is 10.6. The number of halogens is 3. The number of fused-ring (bicyclic) bond motifs is 3. The number of anilines is 1. The molecule has 1 aromatic heterocycles. The molecule has 9 heteroatoms. The summed E-state index contributed by atoms with van der Waals surface area (Å²) in [5.41, 5.74) is 5.06. The third kappa shape index (κ3) is 6.65. The van der Waals surface area contributed by atoms with E-state index in [1.807, 2.05) is 0 Å². The van der Waals surface area contributed by atoms with Gasteiger partial charge in [0.05, 0.1) is 5.69 Å². The van der Waals surface area contributed by atoms with Gasteiger partial charge in [-0.2, -0.15) is 13.2 Å². The van der Waals surface area contributed by atoms with E-state index < -0.39 is 12.1 Å². The van der Waals surface area contributed by atoms with Gasteiger partial charge in [-0.05, 0) is 62.3 Å². The summed E-state index contributed by atoms with van der Waals surface area (Å²) in [6.45, 7) is 2.13. The minimum absolute atomic E-state index is 0.659. The number of aromatic nitrogens is 2. The molecular weight excluding hydrogens is 409 g/mol. The van der Waals surface area contributed by atoms with Crippen molar-refractivity contribution in [2.75, 3.05) is 18.4 Å². The van der Waals surface area contributed by atoms with Crippen molar-refractivity contribution in [2.45, 2.75) is 57.2 Å². The molecule has 1 unspecified atom stereocenters. The van der Waals surface area contributed by atoms with Crippen molar-refractivity contribution in [3.8, 4) is 11.3 Å². The number of hydrogen-bond donors (Lipinski definition) is 3. The zero-order valence-electron chi connectivity index (χ0n) is 17.2. The first kappa shape index (κ1) is 23.0. The molecule has 0 radical (unpaired) electrons. The molecule has 1 fully saturated rings. The highest BCUT2D eigenvalue weighted by molar-refractivity contribution is 5.73. The fourth-order valence-electron chi connectivity index (χ4n) is 3.92. The molecule has 1 saturated heterocycles. The Labute approximate surface area is 179 Å². The predicted molar refractivity (Wildman–Crippen MR) is 112 cm³/mol. The summed E-state index contributed by atoms with van der Waals surface area (Å²) in [4.78, 5) is 8.90. The number of nitrogens with one attached hydrogen (secondary N) is 2. The van der Waals surface area contributed by atoms with Crippen LogP contribution in [0.4, 0.5) is 19.0 Å². The highest BCUT2D eigenvalue weighted by Crippen LogP contribution is 2.31. The van der Waals surface area contributed by atoms with Crippen LogP contribution in [0.15, 0.2) is 30.3 Å². The Morgan fingerprint density at radius 2 is 1.87 bits per heavy atom. The van der Waals surface area contributed by atoms with E-state index >= 15 is 0 Å². The van der Waals surface area contributed by atoms with E-state index in [0.717, 1.165) is 37.3 Å². The Morgan fingerprint density at radius 1 is 1.13 bits per heavy atom. The monoisotopic (exact) mass is 436 g/mol. The Kier molecular flexibility index (Phi) is 7.84. The highest BCUT2D eigenvalue weighted by atomic mass is 19.4. The number of carbonyl (C=O) groups is 1. The van der Waals surface area contributed by atoms with Crippen LogP contribution < -0.4 is 10.6 Å². The van der Waals surface area contributed by atoms with Crippen LogP contribution in [-0.4, -0.2) is 46.6 Å². The van der Waals surface area contributed by atoms with Crippen molar-refractivity contribution in [3.05, 3.63) is 41.5 Å². The van der Waals surface area contributed by atoms with Gasteiger partial charge >= 0.3 is 12.1 Å². The van der Waals surface area contributed by atoms with E-state index in [-0.39, 0.29) is 0 Å². The number of alkyl halides is 3. The van der Waals surface area contributed by atoms with Gasteiger partial charge < -0.3 is 15.7 Å². The van der Waals surface area contributed by atoms with Crippen LogP contribution in [0, 0.1) is 0 Å². The summed E-state index contributed by atoms with van der Waals surface area (Å²) in [6.07, 6.45) is 3.44. The molecule has 2 heterocycles. The number of rotatable bonds is 4. The molecule has 1 aliphatic carbocycles. The molecule has 168 valence electrons. The van der Waals surface area contributed by atoms with E-state index in [2.05, 4.69) is 51.2 Å². The van der Waals surface area contributed by atoms with Crippen LogP contribution in [0.25, 0.3) is 11.3 Å². The van der Waals surface area contributed by atoms with Crippen molar-refractivity contribution in [1.82, 2.24) is 15.5 Å². The SMILES string of the molecule is O=C(O)C(F)(F)F.c1ccc2c(c1)CCCc1cc(NCCC3CCCCN3)nnc1-2. The Balaban J connectivity index is 0.000000339. The van der Waals surface area contributed by atoms with Crippen LogP contribution in [0.1, 0.15) is 43.2 Å². The lowest BCUT2D eigenvalue weighted by Crippen LogP contribution is -2.35. The summed E-state index contributed by atoms with van der Waals surface area (Å²) in [5, 5.41) is 23.2. The maximum Gasteiger partial charge on any atom is 0.490 e. The molecule has 3 N–H and O–H groups in total. The molecule has 0 bridgehead atoms. The molecule has 4 rings (SSSR count). The van der Waals surface area contributed by atoms with Crippen LogP contribution in [0.2, 0.25) is 0 Å². The largest absolute Gasteiger partial charge is 0.490 e. The van der Waals surface area contributed by atoms with E-state index in [0.29, 0.717) is 6.04 Å². The Morgan fingerprint density at radius 3 is 2.58 bits per heavy atom. The molecule has 0 saturated carbocycles. The van der Waals surface area contributed by atoms with Crippen molar-refractivity contribution < 1.29 is 23.1 Å². The third-order valence-electron chi connectivity index (χ3n) is 5.49. The van der Waals surface area contributed by atoms with Crippen molar-refractivity contribution in [2.24, 2.45) is 0 Å². The second-order valence-corrected chi connectivity index (χ2v) is 7.78. The van der Waals surface area contributed by atoms with Gasteiger partial charge in [0.15, 0.2) is 0 Å². The molecule has 2 aromatic rings. The molecule has 0 spiro atoms. The molecular formula is C22H27F3N4O2. The maximum atomic E-state index is 10.6. The van der Waals surface area contributed by atoms with Crippen LogP contribution >= 0.6 is 0 Å². The van der Waals surface area contributed by atoms with Gasteiger partial charge in [0.25, 0.3) is 0 Å². The smallest absolute Gasteiger partial charge is 0.475 e. The number of carboxylic acids is 1. The molecule has 6 nitrogen and oxygen atoms in total. The summed E-state index contributed by atoms with van der Waals surface area (Å²) >= 11 is 0. The average molecular weight is 436 g/mol. The van der Waals surface area contributed by atoms with E-state index in [9.17, 15) is 13.2 Å². The van der Waals surface area contributed by atoms with Gasteiger partial charge in [-0.25, -0.2) is 4.79 Å². The number of hydrogen-bond acceptors (Lipinski definition) is 5. The molecule has 1 aromatic carbocycles. The predicted octanol–water partition coefficient (Wildman–Crippen LogP) is 4.21. The van der Waals surface area contributed by atoms with Gasteiger partial charge in [-0.1, -0.05) is 30.7 Å². The molecule has 31 heavy (non-hydrogen) atoms. The number of nitrogens with zero attached hydrogens (tertiary/aromatic N) is 2. The van der Waals surface area contributed by atoms with E-state index in [1.54, 1.807) is 0 Å². The molecule has 1 atom stereocenters. The van der Waals surface area contributed by atoms with Crippen LogP contribution in [0.3, 0.4) is 0 Å². The van der Waals surface area contributed by atoms with Crippen molar-refractivity contribution in [1.29, 1.82) is 0 Å². The quantitative estimate of drug-likeness (QED) is 0.666. The first-order chi connectivity index (χ1) is 14.8. The lowest BCUT2D eigenvalue weighted by atomic mass is 10.0. The first-order valence-electron chi connectivity index (χ1n) is 10.6. The fraction of sp³-hybridized carbons (Fsp3) is 0.500. The second-order valence-electron chi connectivity index (χ2n) is 7.78. The molecule has 1 aliphatic heterocycles. The highest BCUT2D eigenvalue weighted by Gasteiger charge is 2.38. The zero-order chi connectivity index (χ0) is 22.3. The number of aryl methyl sites for hydroxylation is 2. The minimum atomic E-state index is -5.08. The van der Waals surface area contributed by atoms with Gasteiger partial charge in [-0.15, -0.1) is 10.2 Å². The fourth-order valence-corrected chi connectivity index (χ4v) is 3.92. The summed E-state index contributed by atoms with van der Waals surface area (Å²) in [7, 11) is 0. The average Bonchev–Trinajstić information content (AvgIpc) is 2.93. The Hall–Kier alpha value is -2.68. The zero-order valence-corrected chi connectivity index (χ0v) is 17.2. The Bertz CT molecular complexity index is 883. The number of piperidine rings is 1. The van der Waals surface area contributed by atoms with Gasteiger partial charge in [0.1, 0.15) is 5.82 Å². The van der Waals surface area contributed by atoms with Gasteiger partial charge in [0, 0.05) is 18.2 Å². The molecule has 2 aliphatic rings. The van der Waals surface area contributed by atoms with Crippen LogP contribution in [-0.2, 0) is 17.6 Å². The molecule has 0 amide bonds. The van der Waals surface area contributed by atoms with Gasteiger partial charge in [-0.3, -0.25) is 0 Å². The lowest BCUT2D eigenvalue weighted by Gasteiger charge is -2.23. The topological polar surface area (TPSA) is 87.1 Å². The standard InChI is InChI=1S/C20H26N4.C2HF3O2/c1-2-10-18-15(6-1)7-5-8-16-14-19(23-24-20(16)18)22-13-11-17-9-3-4-12-21-17;3-2(4,5)1(6)7/h1-2,6,10,14,17,21H,3-5,7-9,11-13H2,(H,22,23);(H,6,7). The summed E-state index contributed by atoms with van der Waals surface area (Å²) in [5.74, 6) is -1.84. The second kappa shape index (κ2) is 10.6. The first-order valence-corrected chi connectivity index (χ1v) is 10.6. The van der Waals surface area contributed by atoms with E-state index in [4.69, 9.17) is 9.90 Å². The lowest BCUT2D eigenvalue weighted by molar-refractivity contribution is -0.192. The van der Waals surface area contributed by atoms with E-state index in [1.165, 1.54) is 48.9 Å². The normalized spacial score (nSPS) is 18.0. The third-order valence-corrected chi connectivity index (χ3v) is 5.49. The van der Waals surface area contributed by atoms with Crippen molar-refractivity contribution >= 4 is 11.8 Å². The number of aliphatic carboxylic acids is 1.